The Balaban J connectivity index is 1.59. The predicted octanol–water partition coefficient (Wildman–Crippen LogP) is 2.05. The van der Waals surface area contributed by atoms with Crippen LogP contribution in [-0.2, 0) is 21.4 Å². The predicted molar refractivity (Wildman–Crippen MR) is 116 cm³/mol. The number of sulfonamides is 1. The molecule has 0 aliphatic heterocycles. The number of primary sulfonamides is 1. The number of benzene rings is 2. The molecule has 4 N–H and O–H groups in total. The SMILES string of the molecule is CC(NC(=O)c1cccc(NC(=O)CCn2ccnc2)c1)c1ccc(S(N)(=O)=O)cc1. The Bertz CT molecular complexity index is 1160. The van der Waals surface area contributed by atoms with Gasteiger partial charge < -0.3 is 15.2 Å². The van der Waals surface area contributed by atoms with E-state index in [9.17, 15) is 18.0 Å². The summed E-state index contributed by atoms with van der Waals surface area (Å²) in [5, 5.41) is 10.7. The van der Waals surface area contributed by atoms with Gasteiger partial charge in [0.25, 0.3) is 5.91 Å². The highest BCUT2D eigenvalue weighted by atomic mass is 32.2. The lowest BCUT2D eigenvalue weighted by Gasteiger charge is -2.15. The van der Waals surface area contributed by atoms with Crippen molar-refractivity contribution in [1.82, 2.24) is 14.9 Å². The zero-order valence-electron chi connectivity index (χ0n) is 16.9. The number of nitrogens with one attached hydrogen (secondary N) is 2. The van der Waals surface area contributed by atoms with Crippen molar-refractivity contribution in [2.75, 3.05) is 5.32 Å². The van der Waals surface area contributed by atoms with Crippen molar-refractivity contribution in [2.45, 2.75) is 30.8 Å². The zero-order chi connectivity index (χ0) is 22.4. The minimum absolute atomic E-state index is 0.00579. The van der Waals surface area contributed by atoms with Crippen molar-refractivity contribution in [3.8, 4) is 0 Å². The molecule has 1 aromatic heterocycles. The molecule has 2 aromatic carbocycles. The highest BCUT2D eigenvalue weighted by molar-refractivity contribution is 7.89. The van der Waals surface area contributed by atoms with E-state index in [2.05, 4.69) is 15.6 Å². The zero-order valence-corrected chi connectivity index (χ0v) is 17.7. The summed E-state index contributed by atoms with van der Waals surface area (Å²) in [6, 6.07) is 12.3. The van der Waals surface area contributed by atoms with Crippen molar-refractivity contribution in [2.24, 2.45) is 5.14 Å². The van der Waals surface area contributed by atoms with Gasteiger partial charge in [-0.05, 0) is 42.8 Å². The number of nitrogens with zero attached hydrogens (tertiary/aromatic N) is 2. The van der Waals surface area contributed by atoms with E-state index < -0.39 is 10.0 Å². The van der Waals surface area contributed by atoms with Crippen LogP contribution in [0.3, 0.4) is 0 Å². The van der Waals surface area contributed by atoms with Gasteiger partial charge in [-0.15, -0.1) is 0 Å². The summed E-state index contributed by atoms with van der Waals surface area (Å²) in [4.78, 5) is 28.7. The molecule has 9 nitrogen and oxygen atoms in total. The van der Waals surface area contributed by atoms with Crippen LogP contribution in [0.15, 0.2) is 72.1 Å². The highest BCUT2D eigenvalue weighted by Gasteiger charge is 2.14. The number of aryl methyl sites for hydroxylation is 1. The molecular formula is C21H23N5O4S. The van der Waals surface area contributed by atoms with Crippen LogP contribution in [0, 0.1) is 0 Å². The fourth-order valence-electron chi connectivity index (χ4n) is 2.92. The van der Waals surface area contributed by atoms with Crippen LogP contribution in [0.2, 0.25) is 0 Å². The number of rotatable bonds is 8. The molecule has 2 amide bonds. The van der Waals surface area contributed by atoms with Gasteiger partial charge in [0.1, 0.15) is 0 Å². The molecule has 0 radical (unpaired) electrons. The number of carbonyl (C=O) groups excluding carboxylic acids is 2. The maximum Gasteiger partial charge on any atom is 0.251 e. The number of imidazole rings is 1. The normalized spacial score (nSPS) is 12.2. The van der Waals surface area contributed by atoms with Crippen molar-refractivity contribution < 1.29 is 18.0 Å². The second-order valence-corrected chi connectivity index (χ2v) is 8.55. The fraction of sp³-hybridized carbons (Fsp3) is 0.190. The lowest BCUT2D eigenvalue weighted by Crippen LogP contribution is -2.26. The molecule has 1 unspecified atom stereocenters. The Morgan fingerprint density at radius 2 is 1.90 bits per heavy atom. The Morgan fingerprint density at radius 3 is 2.55 bits per heavy atom. The summed E-state index contributed by atoms with van der Waals surface area (Å²) in [5.74, 6) is -0.493. The summed E-state index contributed by atoms with van der Waals surface area (Å²) in [6.07, 6.45) is 5.34. The van der Waals surface area contributed by atoms with Gasteiger partial charge in [-0.25, -0.2) is 18.5 Å². The first-order chi connectivity index (χ1) is 14.7. The Hall–Kier alpha value is -3.50. The third kappa shape index (κ3) is 6.24. The minimum atomic E-state index is -3.77. The number of aromatic nitrogens is 2. The van der Waals surface area contributed by atoms with Gasteiger partial charge in [0.2, 0.25) is 15.9 Å². The maximum absolute atomic E-state index is 12.6. The summed E-state index contributed by atoms with van der Waals surface area (Å²) in [7, 11) is -3.77. The molecule has 0 saturated heterocycles. The monoisotopic (exact) mass is 441 g/mol. The number of carbonyl (C=O) groups is 2. The summed E-state index contributed by atoms with van der Waals surface area (Å²) in [6.45, 7) is 2.29. The van der Waals surface area contributed by atoms with Gasteiger partial charge in [0.05, 0.1) is 17.3 Å². The molecule has 0 fully saturated rings. The second kappa shape index (κ2) is 9.54. The van der Waals surface area contributed by atoms with E-state index in [0.29, 0.717) is 17.8 Å². The molecule has 0 saturated carbocycles. The highest BCUT2D eigenvalue weighted by Crippen LogP contribution is 2.17. The van der Waals surface area contributed by atoms with Crippen LogP contribution in [-0.4, -0.2) is 29.8 Å². The molecular weight excluding hydrogens is 418 g/mol. The topological polar surface area (TPSA) is 136 Å². The van der Waals surface area contributed by atoms with Crippen LogP contribution >= 0.6 is 0 Å². The molecule has 1 heterocycles. The van der Waals surface area contributed by atoms with Crippen LogP contribution < -0.4 is 15.8 Å². The van der Waals surface area contributed by atoms with Crippen molar-refractivity contribution >= 4 is 27.5 Å². The molecule has 0 aliphatic carbocycles. The number of hydrogen-bond acceptors (Lipinski definition) is 5. The molecule has 3 aromatic rings. The molecule has 0 aliphatic rings. The second-order valence-electron chi connectivity index (χ2n) is 6.99. The van der Waals surface area contributed by atoms with E-state index in [4.69, 9.17) is 5.14 Å². The number of amides is 2. The maximum atomic E-state index is 12.6. The molecule has 10 heteroatoms. The van der Waals surface area contributed by atoms with Crippen LogP contribution in [0.1, 0.15) is 35.3 Å². The molecule has 0 spiro atoms. The van der Waals surface area contributed by atoms with Gasteiger partial charge in [0, 0.05) is 36.6 Å². The summed E-state index contributed by atoms with van der Waals surface area (Å²) >= 11 is 0. The van der Waals surface area contributed by atoms with Crippen molar-refractivity contribution in [1.29, 1.82) is 0 Å². The van der Waals surface area contributed by atoms with Crippen LogP contribution in [0.4, 0.5) is 5.69 Å². The van der Waals surface area contributed by atoms with E-state index in [1.807, 2.05) is 0 Å². The number of hydrogen-bond donors (Lipinski definition) is 3. The smallest absolute Gasteiger partial charge is 0.251 e. The quantitative estimate of drug-likeness (QED) is 0.491. The Labute approximate surface area is 180 Å². The fourth-order valence-corrected chi connectivity index (χ4v) is 3.44. The van der Waals surface area contributed by atoms with Crippen LogP contribution in [0.25, 0.3) is 0 Å². The average Bonchev–Trinajstić information content (AvgIpc) is 3.25. The van der Waals surface area contributed by atoms with E-state index in [1.165, 1.54) is 12.1 Å². The lowest BCUT2D eigenvalue weighted by atomic mass is 10.1. The first-order valence-electron chi connectivity index (χ1n) is 9.51. The largest absolute Gasteiger partial charge is 0.346 e. The van der Waals surface area contributed by atoms with Gasteiger partial charge in [-0.2, -0.15) is 0 Å². The number of anilines is 1. The van der Waals surface area contributed by atoms with Gasteiger partial charge in [0.15, 0.2) is 0 Å². The molecule has 1 atom stereocenters. The van der Waals surface area contributed by atoms with Gasteiger partial charge >= 0.3 is 0 Å². The third-order valence-electron chi connectivity index (χ3n) is 4.62. The molecule has 162 valence electrons. The van der Waals surface area contributed by atoms with E-state index in [0.717, 1.165) is 5.56 Å². The van der Waals surface area contributed by atoms with E-state index >= 15 is 0 Å². The lowest BCUT2D eigenvalue weighted by molar-refractivity contribution is -0.116. The minimum Gasteiger partial charge on any atom is -0.346 e. The first-order valence-corrected chi connectivity index (χ1v) is 11.1. The Kier molecular flexibility index (Phi) is 6.83. The molecule has 0 bridgehead atoms. The van der Waals surface area contributed by atoms with E-state index in [-0.39, 0.29) is 29.2 Å². The van der Waals surface area contributed by atoms with E-state index in [1.54, 1.807) is 66.6 Å². The Morgan fingerprint density at radius 1 is 1.16 bits per heavy atom. The van der Waals surface area contributed by atoms with Gasteiger partial charge in [-0.1, -0.05) is 18.2 Å². The van der Waals surface area contributed by atoms with Gasteiger partial charge in [-0.3, -0.25) is 9.59 Å². The molecule has 3 rings (SSSR count). The van der Waals surface area contributed by atoms with Crippen molar-refractivity contribution in [3.63, 3.8) is 0 Å². The summed E-state index contributed by atoms with van der Waals surface area (Å²) in [5.41, 5.74) is 1.64. The summed E-state index contributed by atoms with van der Waals surface area (Å²) < 4.78 is 24.5. The van der Waals surface area contributed by atoms with Crippen LogP contribution in [0.5, 0.6) is 0 Å². The number of nitrogens with two attached hydrogens (primary N) is 1. The standard InChI is InChI=1S/C21H23N5O4S/c1-15(16-5-7-19(8-6-16)31(22,29)30)24-21(28)17-3-2-4-18(13-17)25-20(27)9-11-26-12-10-23-14-26/h2-8,10,12-15H,9,11H2,1H3,(H,24,28)(H,25,27)(H2,22,29,30). The molecule has 31 heavy (non-hydrogen) atoms. The average molecular weight is 442 g/mol. The third-order valence-corrected chi connectivity index (χ3v) is 5.55. The first kappa shape index (κ1) is 22.2. The van der Waals surface area contributed by atoms with Crippen molar-refractivity contribution in [3.05, 3.63) is 78.4 Å².